The first kappa shape index (κ1) is 9.52. The molecule has 3 heteroatoms. The van der Waals surface area contributed by atoms with E-state index in [1.54, 1.807) is 0 Å². The number of likely N-dealkylation sites (tertiary alicyclic amines) is 1. The van der Waals surface area contributed by atoms with Gasteiger partial charge in [0.25, 0.3) is 0 Å². The van der Waals surface area contributed by atoms with Crippen LogP contribution in [0.15, 0.2) is 0 Å². The Labute approximate surface area is 73.7 Å². The number of carbonyl (C=O) groups excluding carboxylic acids is 1. The van der Waals surface area contributed by atoms with E-state index < -0.39 is 0 Å². The van der Waals surface area contributed by atoms with Crippen molar-refractivity contribution in [2.45, 2.75) is 32.8 Å². The number of hydrogen-bond acceptors (Lipinski definition) is 3. The molecule has 12 heavy (non-hydrogen) atoms. The Balaban J connectivity index is 2.21. The van der Waals surface area contributed by atoms with Gasteiger partial charge >= 0.3 is 5.97 Å². The van der Waals surface area contributed by atoms with Crippen LogP contribution >= 0.6 is 0 Å². The molecule has 0 unspecified atom stereocenters. The molecule has 0 spiro atoms. The Kier molecular flexibility index (Phi) is 3.53. The van der Waals surface area contributed by atoms with Gasteiger partial charge in [-0.3, -0.25) is 4.79 Å². The van der Waals surface area contributed by atoms with E-state index in [4.69, 9.17) is 4.74 Å². The first-order chi connectivity index (χ1) is 5.72. The van der Waals surface area contributed by atoms with Gasteiger partial charge in [-0.05, 0) is 19.4 Å². The molecular formula is C9H17NO2. The lowest BCUT2D eigenvalue weighted by molar-refractivity contribution is -0.148. The minimum absolute atomic E-state index is 0.148. The molecule has 3 nitrogen and oxygen atoms in total. The summed E-state index contributed by atoms with van der Waals surface area (Å²) in [5.74, 6) is -0.148. The molecule has 0 aromatic carbocycles. The third kappa shape index (κ3) is 2.81. The zero-order valence-corrected chi connectivity index (χ0v) is 7.88. The molecule has 1 saturated heterocycles. The lowest BCUT2D eigenvalue weighted by Crippen LogP contribution is -2.37. The van der Waals surface area contributed by atoms with Crippen LogP contribution in [0.1, 0.15) is 26.7 Å². The van der Waals surface area contributed by atoms with Gasteiger partial charge in [0.05, 0.1) is 0 Å². The van der Waals surface area contributed by atoms with Gasteiger partial charge in [0.1, 0.15) is 6.10 Å². The molecular weight excluding hydrogens is 154 g/mol. The highest BCUT2D eigenvalue weighted by atomic mass is 16.5. The molecule has 1 fully saturated rings. The van der Waals surface area contributed by atoms with Gasteiger partial charge in [0, 0.05) is 20.0 Å². The Hall–Kier alpha value is -0.570. The molecule has 0 radical (unpaired) electrons. The smallest absolute Gasteiger partial charge is 0.302 e. The fraction of sp³-hybridized carbons (Fsp3) is 0.889. The van der Waals surface area contributed by atoms with Crippen LogP contribution in [0.4, 0.5) is 0 Å². The number of esters is 1. The summed E-state index contributed by atoms with van der Waals surface area (Å²) in [6.45, 7) is 6.87. The predicted molar refractivity (Wildman–Crippen MR) is 46.9 cm³/mol. The lowest BCUT2D eigenvalue weighted by atomic mass is 10.1. The van der Waals surface area contributed by atoms with Gasteiger partial charge in [-0.1, -0.05) is 6.92 Å². The number of piperidine rings is 1. The van der Waals surface area contributed by atoms with E-state index in [0.29, 0.717) is 0 Å². The normalized spacial score (nSPS) is 20.8. The van der Waals surface area contributed by atoms with Crippen molar-refractivity contribution in [3.63, 3.8) is 0 Å². The monoisotopic (exact) mass is 171 g/mol. The largest absolute Gasteiger partial charge is 0.462 e. The summed E-state index contributed by atoms with van der Waals surface area (Å²) in [5, 5.41) is 0. The lowest BCUT2D eigenvalue weighted by Gasteiger charge is -2.30. The highest BCUT2D eigenvalue weighted by molar-refractivity contribution is 5.66. The van der Waals surface area contributed by atoms with Crippen LogP contribution in [0.2, 0.25) is 0 Å². The van der Waals surface area contributed by atoms with Crippen molar-refractivity contribution in [3.05, 3.63) is 0 Å². The quantitative estimate of drug-likeness (QED) is 0.581. The van der Waals surface area contributed by atoms with Crippen molar-refractivity contribution in [2.24, 2.45) is 0 Å². The van der Waals surface area contributed by atoms with Crippen molar-refractivity contribution in [1.29, 1.82) is 0 Å². The molecule has 0 N–H and O–H groups in total. The van der Waals surface area contributed by atoms with E-state index in [2.05, 4.69) is 11.8 Å². The van der Waals surface area contributed by atoms with E-state index in [1.807, 2.05) is 0 Å². The zero-order chi connectivity index (χ0) is 8.97. The first-order valence-corrected chi connectivity index (χ1v) is 4.62. The third-order valence-corrected chi connectivity index (χ3v) is 2.31. The molecule has 1 heterocycles. The number of carbonyl (C=O) groups is 1. The summed E-state index contributed by atoms with van der Waals surface area (Å²) in [6.07, 6.45) is 2.16. The van der Waals surface area contributed by atoms with E-state index in [9.17, 15) is 4.79 Å². The molecule has 0 aromatic rings. The molecule has 1 aliphatic heterocycles. The highest BCUT2D eigenvalue weighted by Gasteiger charge is 2.19. The Morgan fingerprint density at radius 3 is 2.50 bits per heavy atom. The summed E-state index contributed by atoms with van der Waals surface area (Å²) in [5.41, 5.74) is 0. The van der Waals surface area contributed by atoms with Crippen molar-refractivity contribution < 1.29 is 9.53 Å². The standard InChI is InChI=1S/C9H17NO2/c1-3-10-6-4-9(5-7-10)12-8(2)11/h9H,3-7H2,1-2H3. The molecule has 0 amide bonds. The number of rotatable bonds is 2. The van der Waals surface area contributed by atoms with Crippen LogP contribution in [-0.4, -0.2) is 36.6 Å². The summed E-state index contributed by atoms with van der Waals surface area (Å²) in [4.78, 5) is 13.0. The molecule has 1 aliphatic rings. The highest BCUT2D eigenvalue weighted by Crippen LogP contribution is 2.12. The molecule has 0 bridgehead atoms. The number of nitrogens with zero attached hydrogens (tertiary/aromatic N) is 1. The Bertz CT molecular complexity index is 151. The maximum atomic E-state index is 10.6. The Morgan fingerprint density at radius 2 is 2.08 bits per heavy atom. The SMILES string of the molecule is CCN1CCC(OC(C)=O)CC1. The van der Waals surface area contributed by atoms with E-state index >= 15 is 0 Å². The van der Waals surface area contributed by atoms with Gasteiger partial charge < -0.3 is 9.64 Å². The van der Waals surface area contributed by atoms with Gasteiger partial charge in [0.15, 0.2) is 0 Å². The molecule has 0 aromatic heterocycles. The van der Waals surface area contributed by atoms with Crippen molar-refractivity contribution in [2.75, 3.05) is 19.6 Å². The summed E-state index contributed by atoms with van der Waals surface area (Å²) < 4.78 is 5.12. The van der Waals surface area contributed by atoms with Crippen LogP contribution in [-0.2, 0) is 9.53 Å². The fourth-order valence-corrected chi connectivity index (χ4v) is 1.58. The van der Waals surface area contributed by atoms with Crippen LogP contribution < -0.4 is 0 Å². The van der Waals surface area contributed by atoms with Crippen LogP contribution in [0, 0.1) is 0 Å². The maximum absolute atomic E-state index is 10.6. The predicted octanol–water partition coefficient (Wildman–Crippen LogP) is 1.03. The zero-order valence-electron chi connectivity index (χ0n) is 7.88. The summed E-state index contributed by atoms with van der Waals surface area (Å²) >= 11 is 0. The van der Waals surface area contributed by atoms with E-state index in [0.717, 1.165) is 32.5 Å². The van der Waals surface area contributed by atoms with E-state index in [1.165, 1.54) is 6.92 Å². The van der Waals surface area contributed by atoms with Gasteiger partial charge in [-0.15, -0.1) is 0 Å². The van der Waals surface area contributed by atoms with Crippen LogP contribution in [0.3, 0.4) is 0 Å². The van der Waals surface area contributed by atoms with Gasteiger partial charge in [-0.2, -0.15) is 0 Å². The molecule has 1 rings (SSSR count). The van der Waals surface area contributed by atoms with Gasteiger partial charge in [-0.25, -0.2) is 0 Å². The summed E-state index contributed by atoms with van der Waals surface area (Å²) in [6, 6.07) is 0. The second-order valence-electron chi connectivity index (χ2n) is 3.24. The van der Waals surface area contributed by atoms with Crippen molar-refractivity contribution >= 4 is 5.97 Å². The minimum Gasteiger partial charge on any atom is -0.462 e. The summed E-state index contributed by atoms with van der Waals surface area (Å²) in [7, 11) is 0. The van der Waals surface area contributed by atoms with Crippen LogP contribution in [0.25, 0.3) is 0 Å². The molecule has 0 saturated carbocycles. The van der Waals surface area contributed by atoms with E-state index in [-0.39, 0.29) is 12.1 Å². The average Bonchev–Trinajstić information content (AvgIpc) is 2.05. The molecule has 0 atom stereocenters. The van der Waals surface area contributed by atoms with Gasteiger partial charge in [0.2, 0.25) is 0 Å². The molecule has 0 aliphatic carbocycles. The van der Waals surface area contributed by atoms with Crippen LogP contribution in [0.5, 0.6) is 0 Å². The second-order valence-corrected chi connectivity index (χ2v) is 3.24. The minimum atomic E-state index is -0.148. The topological polar surface area (TPSA) is 29.5 Å². The number of hydrogen-bond donors (Lipinski definition) is 0. The Morgan fingerprint density at radius 1 is 1.50 bits per heavy atom. The second kappa shape index (κ2) is 4.45. The molecule has 70 valence electrons. The fourth-order valence-electron chi connectivity index (χ4n) is 1.58. The average molecular weight is 171 g/mol. The third-order valence-electron chi connectivity index (χ3n) is 2.31. The van der Waals surface area contributed by atoms with Crippen molar-refractivity contribution in [1.82, 2.24) is 4.90 Å². The number of ether oxygens (including phenoxy) is 1. The first-order valence-electron chi connectivity index (χ1n) is 4.62. The van der Waals surface area contributed by atoms with Crippen molar-refractivity contribution in [3.8, 4) is 0 Å². The maximum Gasteiger partial charge on any atom is 0.302 e.